The van der Waals surface area contributed by atoms with Crippen molar-refractivity contribution >= 4 is 28.0 Å². The van der Waals surface area contributed by atoms with E-state index in [2.05, 4.69) is 41.0 Å². The van der Waals surface area contributed by atoms with E-state index in [-0.39, 0.29) is 31.0 Å². The quantitative estimate of drug-likeness (QED) is 0.291. The summed E-state index contributed by atoms with van der Waals surface area (Å²) < 4.78 is 24.4. The zero-order valence-electron chi connectivity index (χ0n) is 25.5. The van der Waals surface area contributed by atoms with E-state index < -0.39 is 6.17 Å². The first-order valence-corrected chi connectivity index (χ1v) is 15.8. The second-order valence-electron chi connectivity index (χ2n) is 13.1. The van der Waals surface area contributed by atoms with Crippen molar-refractivity contribution in [1.29, 1.82) is 0 Å². The van der Waals surface area contributed by atoms with Gasteiger partial charge in [0.1, 0.15) is 23.1 Å². The number of benzene rings is 2. The number of aliphatic hydroxyl groups is 1. The molecular formula is C35H37FN6O3. The molecule has 0 radical (unpaired) electrons. The fraction of sp³-hybridized carbons (Fsp3) is 0.400. The van der Waals surface area contributed by atoms with E-state index in [1.807, 2.05) is 11.6 Å². The number of alkyl halides is 1. The van der Waals surface area contributed by atoms with Gasteiger partial charge in [-0.3, -0.25) is 4.79 Å². The lowest BCUT2D eigenvalue weighted by molar-refractivity contribution is 0.0606. The molecule has 9 nitrogen and oxygen atoms in total. The number of carbonyl (C=O) groups excluding carboxylic acids is 1. The maximum absolute atomic E-state index is 14.3. The summed E-state index contributed by atoms with van der Waals surface area (Å²) in [6.07, 6.45) is 2.58. The molecule has 2 aliphatic carbocycles. The fourth-order valence-corrected chi connectivity index (χ4v) is 7.21. The molecule has 232 valence electrons. The number of aliphatic hydroxyl groups excluding tert-OH is 1. The molecule has 3 atom stereocenters. The van der Waals surface area contributed by atoms with Crippen molar-refractivity contribution in [1.82, 2.24) is 24.0 Å². The van der Waals surface area contributed by atoms with Gasteiger partial charge >= 0.3 is 0 Å². The highest BCUT2D eigenvalue weighted by atomic mass is 19.1. The molecule has 2 aromatic carbocycles. The van der Waals surface area contributed by atoms with Crippen LogP contribution in [0, 0.1) is 5.92 Å². The van der Waals surface area contributed by atoms with Crippen LogP contribution in [0.15, 0.2) is 48.5 Å². The second kappa shape index (κ2) is 10.7. The molecule has 3 aromatic heterocycles. The number of pyridine rings is 1. The lowest BCUT2D eigenvalue weighted by Crippen LogP contribution is -2.50. The molecule has 2 fully saturated rings. The third kappa shape index (κ3) is 4.96. The van der Waals surface area contributed by atoms with Gasteiger partial charge in [-0.2, -0.15) is 0 Å². The van der Waals surface area contributed by atoms with Crippen molar-refractivity contribution < 1.29 is 19.0 Å². The SMILES string of the molecule is COc1cc(C(=O)N2C[C@H](N)C[C@@H](F)C2)cc2nc(-c3cc4ccc(-c5ccc6c(c5)CC(O)C6)nc4n3CC3CC3)n(C)c12. The van der Waals surface area contributed by atoms with Crippen LogP contribution in [0.4, 0.5) is 4.39 Å². The number of fused-ring (bicyclic) bond motifs is 3. The van der Waals surface area contributed by atoms with E-state index >= 15 is 0 Å². The minimum absolute atomic E-state index is 0.0318. The normalized spacial score (nSPS) is 21.5. The molecule has 45 heavy (non-hydrogen) atoms. The average Bonchev–Trinajstić information content (AvgIpc) is 3.53. The molecule has 0 spiro atoms. The van der Waals surface area contributed by atoms with Gasteiger partial charge in [0.25, 0.3) is 5.91 Å². The lowest BCUT2D eigenvalue weighted by Gasteiger charge is -2.33. The number of halogens is 1. The molecule has 8 rings (SSSR count). The van der Waals surface area contributed by atoms with Crippen molar-refractivity contribution in [2.45, 2.75) is 57.0 Å². The molecule has 1 saturated carbocycles. The van der Waals surface area contributed by atoms with Crippen LogP contribution < -0.4 is 10.5 Å². The molecule has 1 amide bonds. The van der Waals surface area contributed by atoms with Crippen molar-refractivity contribution in [3.63, 3.8) is 0 Å². The summed E-state index contributed by atoms with van der Waals surface area (Å²) in [5, 5.41) is 11.2. The molecule has 0 bridgehead atoms. The number of piperidine rings is 1. The first-order valence-electron chi connectivity index (χ1n) is 15.8. The number of likely N-dealkylation sites (tertiary alicyclic amines) is 1. The Kier molecular flexibility index (Phi) is 6.69. The van der Waals surface area contributed by atoms with E-state index in [1.54, 1.807) is 19.2 Å². The largest absolute Gasteiger partial charge is 0.494 e. The molecule has 10 heteroatoms. The van der Waals surface area contributed by atoms with E-state index in [0.717, 1.165) is 45.9 Å². The molecular weight excluding hydrogens is 571 g/mol. The Bertz CT molecular complexity index is 1970. The number of rotatable bonds is 6. The molecule has 4 heterocycles. The van der Waals surface area contributed by atoms with E-state index in [4.69, 9.17) is 20.4 Å². The Morgan fingerprint density at radius 3 is 2.67 bits per heavy atom. The summed E-state index contributed by atoms with van der Waals surface area (Å²) in [5.74, 6) is 1.60. The molecule has 1 aliphatic heterocycles. The smallest absolute Gasteiger partial charge is 0.254 e. The summed E-state index contributed by atoms with van der Waals surface area (Å²) in [7, 11) is 3.54. The van der Waals surface area contributed by atoms with Crippen LogP contribution in [0.1, 0.15) is 40.7 Å². The standard InChI is InChI=1S/C35H37FN6O3/c1-40-32-29(12-24(14-31(32)45-2)35(44)41-17-25(36)15-26(37)18-41)39-34(40)30-13-22-7-8-28(38-33(22)42(30)16-19-3-4-19)21-6-5-20-10-27(43)11-23(20)9-21/h5-9,12-14,19,25-27,43H,3-4,10-11,15-18,37H2,1-2H3/t25-,26-,27?/m1/s1. The summed E-state index contributed by atoms with van der Waals surface area (Å²) in [5.41, 5.74) is 14.0. The van der Waals surface area contributed by atoms with Crippen molar-refractivity contribution in [2.24, 2.45) is 18.7 Å². The molecule has 1 saturated heterocycles. The number of hydrogen-bond acceptors (Lipinski definition) is 6. The summed E-state index contributed by atoms with van der Waals surface area (Å²) in [6, 6.07) is 15.8. The third-order valence-corrected chi connectivity index (χ3v) is 9.64. The first kappa shape index (κ1) is 28.2. The number of ether oxygens (including phenoxy) is 1. The van der Waals surface area contributed by atoms with Crippen LogP contribution in [-0.2, 0) is 26.4 Å². The lowest BCUT2D eigenvalue weighted by atomic mass is 10.0. The van der Waals surface area contributed by atoms with Gasteiger partial charge in [-0.05, 0) is 85.5 Å². The molecule has 5 aromatic rings. The highest BCUT2D eigenvalue weighted by molar-refractivity contribution is 6.00. The van der Waals surface area contributed by atoms with E-state index in [9.17, 15) is 14.3 Å². The maximum atomic E-state index is 14.3. The highest BCUT2D eigenvalue weighted by Crippen LogP contribution is 2.38. The Morgan fingerprint density at radius 1 is 1.07 bits per heavy atom. The van der Waals surface area contributed by atoms with Crippen molar-refractivity contribution in [2.75, 3.05) is 20.2 Å². The van der Waals surface area contributed by atoms with Gasteiger partial charge in [0, 0.05) is 42.7 Å². The van der Waals surface area contributed by atoms with Gasteiger partial charge in [0.15, 0.2) is 5.82 Å². The Morgan fingerprint density at radius 2 is 1.89 bits per heavy atom. The molecule has 1 unspecified atom stereocenters. The number of nitrogens with zero attached hydrogens (tertiary/aromatic N) is 5. The first-order chi connectivity index (χ1) is 21.7. The number of methoxy groups -OCH3 is 1. The van der Waals surface area contributed by atoms with E-state index in [1.165, 1.54) is 28.9 Å². The second-order valence-corrected chi connectivity index (χ2v) is 13.1. The minimum Gasteiger partial charge on any atom is -0.494 e. The number of aromatic nitrogens is 4. The summed E-state index contributed by atoms with van der Waals surface area (Å²) >= 11 is 0. The van der Waals surface area contributed by atoms with Gasteiger partial charge < -0.3 is 29.6 Å². The monoisotopic (exact) mass is 608 g/mol. The number of aryl methyl sites for hydroxylation is 1. The highest BCUT2D eigenvalue weighted by Gasteiger charge is 2.31. The van der Waals surface area contributed by atoms with Crippen LogP contribution in [0.5, 0.6) is 5.75 Å². The van der Waals surface area contributed by atoms with Crippen molar-refractivity contribution in [3.8, 4) is 28.5 Å². The predicted octanol–water partition coefficient (Wildman–Crippen LogP) is 4.65. The maximum Gasteiger partial charge on any atom is 0.254 e. The number of amides is 1. The predicted molar refractivity (Wildman–Crippen MR) is 171 cm³/mol. The number of imidazole rings is 1. The number of carbonyl (C=O) groups is 1. The number of nitrogens with two attached hydrogens (primary N) is 1. The van der Waals surface area contributed by atoms with Crippen molar-refractivity contribution in [3.05, 3.63) is 65.2 Å². The Hall–Kier alpha value is -4.28. The summed E-state index contributed by atoms with van der Waals surface area (Å²) in [6.45, 7) is 1.19. The van der Waals surface area contributed by atoms with Crippen LogP contribution >= 0.6 is 0 Å². The van der Waals surface area contributed by atoms with E-state index in [0.29, 0.717) is 42.1 Å². The zero-order valence-corrected chi connectivity index (χ0v) is 25.5. The molecule has 3 N–H and O–H groups in total. The van der Waals surface area contributed by atoms with Gasteiger partial charge in [0.2, 0.25) is 0 Å². The van der Waals surface area contributed by atoms with Gasteiger partial charge in [-0.15, -0.1) is 0 Å². The summed E-state index contributed by atoms with van der Waals surface area (Å²) in [4.78, 5) is 25.2. The topological polar surface area (TPSA) is 111 Å². The van der Waals surface area contributed by atoms with Crippen LogP contribution in [0.25, 0.3) is 44.8 Å². The van der Waals surface area contributed by atoms with Gasteiger partial charge in [-0.25, -0.2) is 14.4 Å². The third-order valence-electron chi connectivity index (χ3n) is 9.64. The zero-order chi connectivity index (χ0) is 31.0. The fourth-order valence-electron chi connectivity index (χ4n) is 7.21. The van der Waals surface area contributed by atoms with Gasteiger partial charge in [0.05, 0.1) is 36.7 Å². The van der Waals surface area contributed by atoms with Gasteiger partial charge in [-0.1, -0.05) is 12.1 Å². The Balaban J connectivity index is 1.22. The Labute approximate surface area is 260 Å². The minimum atomic E-state index is -1.14. The number of hydrogen-bond donors (Lipinski definition) is 2. The van der Waals surface area contributed by atoms with Crippen LogP contribution in [-0.4, -0.2) is 73.5 Å². The van der Waals surface area contributed by atoms with Crippen LogP contribution in [0.3, 0.4) is 0 Å². The average molecular weight is 609 g/mol. The molecule has 3 aliphatic rings. The van der Waals surface area contributed by atoms with Crippen LogP contribution in [0.2, 0.25) is 0 Å².